The monoisotopic (exact) mass is 338 g/mol. The molecule has 132 valence electrons. The Morgan fingerprint density at radius 3 is 2.92 bits per heavy atom. The van der Waals surface area contributed by atoms with Crippen molar-refractivity contribution in [3.05, 3.63) is 59.4 Å². The van der Waals surface area contributed by atoms with Crippen molar-refractivity contribution in [3.8, 4) is 5.75 Å². The number of aliphatic hydroxyl groups is 1. The van der Waals surface area contributed by atoms with Gasteiger partial charge in [-0.25, -0.2) is 0 Å². The lowest BCUT2D eigenvalue weighted by Gasteiger charge is -2.29. The minimum absolute atomic E-state index is 0.262. The van der Waals surface area contributed by atoms with Gasteiger partial charge in [0, 0.05) is 37.3 Å². The van der Waals surface area contributed by atoms with Crippen molar-refractivity contribution in [2.45, 2.75) is 31.9 Å². The molecular weight excluding hydrogens is 312 g/mol. The Hall–Kier alpha value is -1.91. The zero-order chi connectivity index (χ0) is 17.4. The number of ether oxygens (including phenoxy) is 1. The number of methoxy groups -OCH3 is 1. The van der Waals surface area contributed by atoms with Gasteiger partial charge in [-0.3, -0.25) is 9.88 Å². The van der Waals surface area contributed by atoms with E-state index in [2.05, 4.69) is 28.9 Å². The van der Waals surface area contributed by atoms with E-state index in [1.165, 1.54) is 11.1 Å². The molecule has 25 heavy (non-hydrogen) atoms. The first-order valence-corrected chi connectivity index (χ1v) is 9.10. The number of rotatable bonds is 4. The molecule has 1 aromatic carbocycles. The summed E-state index contributed by atoms with van der Waals surface area (Å²) in [6.07, 6.45) is 3.67. The number of hydrogen-bond donors (Lipinski definition) is 1. The third-order valence-corrected chi connectivity index (χ3v) is 5.96. The van der Waals surface area contributed by atoms with Gasteiger partial charge in [0.15, 0.2) is 0 Å². The molecule has 1 aromatic heterocycles. The first kappa shape index (κ1) is 16.6. The van der Waals surface area contributed by atoms with Gasteiger partial charge in [-0.1, -0.05) is 23.8 Å². The Labute approximate surface area is 149 Å². The van der Waals surface area contributed by atoms with Crippen LogP contribution in [0.5, 0.6) is 5.75 Å². The first-order chi connectivity index (χ1) is 12.1. The molecular formula is C21H26N2O2. The Bertz CT molecular complexity index is 749. The Morgan fingerprint density at radius 1 is 1.28 bits per heavy atom. The van der Waals surface area contributed by atoms with Crippen LogP contribution in [-0.4, -0.2) is 35.2 Å². The molecule has 0 bridgehead atoms. The number of aromatic nitrogens is 1. The molecule has 2 aromatic rings. The first-order valence-electron chi connectivity index (χ1n) is 9.10. The van der Waals surface area contributed by atoms with Crippen molar-refractivity contribution in [2.75, 3.05) is 20.2 Å². The third kappa shape index (κ3) is 2.94. The number of benzene rings is 1. The summed E-state index contributed by atoms with van der Waals surface area (Å²) < 4.78 is 5.53. The zero-order valence-electron chi connectivity index (χ0n) is 15.0. The molecule has 1 aliphatic heterocycles. The van der Waals surface area contributed by atoms with Crippen LogP contribution in [0.2, 0.25) is 0 Å². The average molecular weight is 338 g/mol. The molecule has 4 heteroatoms. The highest BCUT2D eigenvalue weighted by atomic mass is 16.5. The van der Waals surface area contributed by atoms with Gasteiger partial charge in [0.1, 0.15) is 11.4 Å². The lowest BCUT2D eigenvalue weighted by molar-refractivity contribution is -0.0108. The highest BCUT2D eigenvalue weighted by Crippen LogP contribution is 2.50. The lowest BCUT2D eigenvalue weighted by Crippen LogP contribution is -2.35. The molecule has 3 atom stereocenters. The summed E-state index contributed by atoms with van der Waals surface area (Å²) in [5, 5.41) is 11.3. The number of fused-ring (bicyclic) bond motifs is 1. The highest BCUT2D eigenvalue weighted by molar-refractivity contribution is 5.37. The van der Waals surface area contributed by atoms with E-state index in [-0.39, 0.29) is 5.92 Å². The van der Waals surface area contributed by atoms with Crippen molar-refractivity contribution in [3.63, 3.8) is 0 Å². The molecule has 1 saturated heterocycles. The maximum atomic E-state index is 11.3. The topological polar surface area (TPSA) is 45.6 Å². The minimum atomic E-state index is -0.780. The van der Waals surface area contributed by atoms with Crippen molar-refractivity contribution in [1.82, 2.24) is 9.88 Å². The van der Waals surface area contributed by atoms with Crippen molar-refractivity contribution < 1.29 is 9.84 Å². The van der Waals surface area contributed by atoms with Crippen LogP contribution in [0.25, 0.3) is 0 Å². The maximum absolute atomic E-state index is 11.3. The van der Waals surface area contributed by atoms with Gasteiger partial charge in [-0.2, -0.15) is 0 Å². The SMILES string of the molecule is COc1ccc(C)cc1CN1CC2CCC(O)(c3ccccn3)C2C1. The summed E-state index contributed by atoms with van der Waals surface area (Å²) in [5.74, 6) is 1.75. The third-order valence-electron chi connectivity index (χ3n) is 5.96. The van der Waals surface area contributed by atoms with Crippen LogP contribution >= 0.6 is 0 Å². The van der Waals surface area contributed by atoms with Gasteiger partial charge in [0.25, 0.3) is 0 Å². The van der Waals surface area contributed by atoms with E-state index in [1.807, 2.05) is 24.3 Å². The van der Waals surface area contributed by atoms with E-state index in [0.29, 0.717) is 5.92 Å². The van der Waals surface area contributed by atoms with Gasteiger partial charge in [-0.15, -0.1) is 0 Å². The number of aryl methyl sites for hydroxylation is 1. The molecule has 2 aliphatic rings. The molecule has 4 rings (SSSR count). The molecule has 1 N–H and O–H groups in total. The van der Waals surface area contributed by atoms with Crippen LogP contribution in [0.3, 0.4) is 0 Å². The largest absolute Gasteiger partial charge is 0.496 e. The standard InChI is InChI=1S/C21H26N2O2/c1-15-6-7-19(25-2)17(11-15)13-23-12-16-8-9-21(24,18(16)14-23)20-5-3-4-10-22-20/h3-7,10-11,16,18,24H,8-9,12-14H2,1-2H3. The predicted molar refractivity (Wildman–Crippen MR) is 97.4 cm³/mol. The summed E-state index contributed by atoms with van der Waals surface area (Å²) in [6, 6.07) is 12.2. The zero-order valence-corrected chi connectivity index (χ0v) is 15.0. The minimum Gasteiger partial charge on any atom is -0.496 e. The molecule has 1 aliphatic carbocycles. The summed E-state index contributed by atoms with van der Waals surface area (Å²) in [6.45, 7) is 4.93. The fourth-order valence-corrected chi connectivity index (χ4v) is 4.72. The molecule has 1 saturated carbocycles. The van der Waals surface area contributed by atoms with E-state index in [9.17, 15) is 5.11 Å². The predicted octanol–water partition coefficient (Wildman–Crippen LogP) is 3.13. The van der Waals surface area contributed by atoms with E-state index >= 15 is 0 Å². The molecule has 0 amide bonds. The summed E-state index contributed by atoms with van der Waals surface area (Å²) in [7, 11) is 1.73. The van der Waals surface area contributed by atoms with Gasteiger partial charge in [0.05, 0.1) is 12.8 Å². The van der Waals surface area contributed by atoms with Crippen LogP contribution in [0, 0.1) is 18.8 Å². The van der Waals surface area contributed by atoms with Crippen molar-refractivity contribution in [2.24, 2.45) is 11.8 Å². The van der Waals surface area contributed by atoms with Gasteiger partial charge >= 0.3 is 0 Å². The Balaban J connectivity index is 1.53. The van der Waals surface area contributed by atoms with Crippen molar-refractivity contribution in [1.29, 1.82) is 0 Å². The highest BCUT2D eigenvalue weighted by Gasteiger charge is 2.53. The van der Waals surface area contributed by atoms with Crippen LogP contribution in [-0.2, 0) is 12.1 Å². The second-order valence-corrected chi connectivity index (χ2v) is 7.55. The summed E-state index contributed by atoms with van der Waals surface area (Å²) >= 11 is 0. The van der Waals surface area contributed by atoms with Gasteiger partial charge in [0.2, 0.25) is 0 Å². The number of nitrogens with zero attached hydrogens (tertiary/aromatic N) is 2. The second-order valence-electron chi connectivity index (χ2n) is 7.55. The summed E-state index contributed by atoms with van der Waals surface area (Å²) in [4.78, 5) is 6.91. The lowest BCUT2D eigenvalue weighted by atomic mass is 9.85. The van der Waals surface area contributed by atoms with E-state index in [1.54, 1.807) is 13.3 Å². The summed E-state index contributed by atoms with van der Waals surface area (Å²) in [5.41, 5.74) is 2.53. The number of hydrogen-bond acceptors (Lipinski definition) is 4. The second kappa shape index (κ2) is 6.43. The molecule has 3 unspecified atom stereocenters. The van der Waals surface area contributed by atoms with Crippen LogP contribution in [0.4, 0.5) is 0 Å². The van der Waals surface area contributed by atoms with E-state index in [0.717, 1.165) is 43.9 Å². The number of likely N-dealkylation sites (tertiary alicyclic amines) is 1. The van der Waals surface area contributed by atoms with E-state index in [4.69, 9.17) is 4.74 Å². The normalized spacial score (nSPS) is 28.9. The molecule has 2 heterocycles. The quantitative estimate of drug-likeness (QED) is 0.930. The maximum Gasteiger partial charge on any atom is 0.123 e. The smallest absolute Gasteiger partial charge is 0.123 e. The van der Waals surface area contributed by atoms with Crippen LogP contribution < -0.4 is 4.74 Å². The van der Waals surface area contributed by atoms with Gasteiger partial charge < -0.3 is 9.84 Å². The fourth-order valence-electron chi connectivity index (χ4n) is 4.72. The average Bonchev–Trinajstić information content (AvgIpc) is 3.17. The van der Waals surface area contributed by atoms with E-state index < -0.39 is 5.60 Å². The van der Waals surface area contributed by atoms with Gasteiger partial charge in [-0.05, 0) is 43.9 Å². The van der Waals surface area contributed by atoms with Crippen LogP contribution in [0.15, 0.2) is 42.6 Å². The van der Waals surface area contributed by atoms with Crippen molar-refractivity contribution >= 4 is 0 Å². The molecule has 2 fully saturated rings. The fraction of sp³-hybridized carbons (Fsp3) is 0.476. The molecule has 0 spiro atoms. The molecule has 4 nitrogen and oxygen atoms in total. The Kier molecular flexibility index (Phi) is 4.26. The number of pyridine rings is 1. The van der Waals surface area contributed by atoms with Crippen LogP contribution in [0.1, 0.15) is 29.7 Å². The molecule has 0 radical (unpaired) electrons. The Morgan fingerprint density at radius 2 is 2.16 bits per heavy atom.